The van der Waals surface area contributed by atoms with E-state index in [4.69, 9.17) is 0 Å². The van der Waals surface area contributed by atoms with Gasteiger partial charge in [0.05, 0.1) is 11.1 Å². The van der Waals surface area contributed by atoms with E-state index in [1.807, 2.05) is 36.4 Å². The Morgan fingerprint density at radius 3 is 2.48 bits per heavy atom. The molecule has 0 aliphatic rings. The van der Waals surface area contributed by atoms with Crippen molar-refractivity contribution in [2.45, 2.75) is 4.90 Å². The number of hydrogen-bond donors (Lipinski definition) is 1. The molecular formula is C15H16N2O3S. The normalized spacial score (nSPS) is 11.7. The molecule has 5 nitrogen and oxygen atoms in total. The van der Waals surface area contributed by atoms with Crippen LogP contribution in [0, 0.1) is 0 Å². The van der Waals surface area contributed by atoms with Crippen molar-refractivity contribution in [3.05, 3.63) is 54.6 Å². The van der Waals surface area contributed by atoms with Gasteiger partial charge in [-0.1, -0.05) is 53.7 Å². The van der Waals surface area contributed by atoms with Gasteiger partial charge in [-0.3, -0.25) is 0 Å². The van der Waals surface area contributed by atoms with E-state index >= 15 is 0 Å². The Bertz CT molecular complexity index is 713. The quantitative estimate of drug-likeness (QED) is 0.657. The molecule has 0 radical (unpaired) electrons. The molecule has 0 fully saturated rings. The number of hydrogen-bond acceptors (Lipinski definition) is 4. The van der Waals surface area contributed by atoms with Crippen molar-refractivity contribution in [3.63, 3.8) is 0 Å². The minimum atomic E-state index is -3.62. The lowest BCUT2D eigenvalue weighted by Crippen LogP contribution is -2.26. The maximum atomic E-state index is 12.4. The van der Waals surface area contributed by atoms with Gasteiger partial charge >= 0.3 is 0 Å². The number of rotatable bonds is 6. The van der Waals surface area contributed by atoms with E-state index < -0.39 is 10.0 Å². The first-order valence-electron chi connectivity index (χ1n) is 6.34. The summed E-state index contributed by atoms with van der Waals surface area (Å²) in [5, 5.41) is 3.50. The molecule has 0 spiro atoms. The minimum Gasteiger partial charge on any atom is -0.399 e. The Balaban J connectivity index is 2.34. The van der Waals surface area contributed by atoms with Crippen molar-refractivity contribution in [1.29, 1.82) is 0 Å². The highest BCUT2D eigenvalue weighted by Gasteiger charge is 2.17. The van der Waals surface area contributed by atoms with E-state index in [1.165, 1.54) is 13.3 Å². The molecule has 0 aliphatic carbocycles. The molecule has 0 atom stereocenters. The average Bonchev–Trinajstić information content (AvgIpc) is 2.52. The highest BCUT2D eigenvalue weighted by atomic mass is 32.2. The lowest BCUT2D eigenvalue weighted by molar-refractivity contribution is 0.215. The van der Waals surface area contributed by atoms with Crippen molar-refractivity contribution < 1.29 is 13.3 Å². The highest BCUT2D eigenvalue weighted by molar-refractivity contribution is 7.89. The first kappa shape index (κ1) is 15.2. The molecule has 110 valence electrons. The van der Waals surface area contributed by atoms with Gasteiger partial charge in [-0.25, -0.2) is 13.1 Å². The smallest absolute Gasteiger partial charge is 0.241 e. The SMILES string of the molecule is CON=CCNS(=O)(=O)c1ccccc1-c1ccccc1. The third-order valence-electron chi connectivity index (χ3n) is 2.81. The van der Waals surface area contributed by atoms with Crippen LogP contribution in [0.1, 0.15) is 0 Å². The van der Waals surface area contributed by atoms with E-state index in [9.17, 15) is 8.42 Å². The van der Waals surface area contributed by atoms with Gasteiger partial charge in [0.2, 0.25) is 10.0 Å². The standard InChI is InChI=1S/C15H16N2O3S/c1-20-16-11-12-17-21(18,19)15-10-6-5-9-14(15)13-7-3-2-4-8-13/h2-11,17H,12H2,1H3. The third kappa shape index (κ3) is 3.90. The van der Waals surface area contributed by atoms with Crippen LogP contribution in [0.3, 0.4) is 0 Å². The molecule has 0 saturated heterocycles. The molecule has 2 rings (SSSR count). The van der Waals surface area contributed by atoms with Crippen molar-refractivity contribution in [2.75, 3.05) is 13.7 Å². The van der Waals surface area contributed by atoms with Gasteiger partial charge in [0, 0.05) is 12.1 Å². The van der Waals surface area contributed by atoms with Gasteiger partial charge in [-0.2, -0.15) is 0 Å². The second kappa shape index (κ2) is 7.01. The van der Waals surface area contributed by atoms with Crippen LogP contribution in [-0.2, 0) is 14.9 Å². The zero-order chi connectivity index (χ0) is 15.1. The van der Waals surface area contributed by atoms with E-state index in [1.54, 1.807) is 18.2 Å². The molecule has 0 unspecified atom stereocenters. The van der Waals surface area contributed by atoms with Crippen LogP contribution in [-0.4, -0.2) is 28.3 Å². The monoisotopic (exact) mass is 304 g/mol. The molecule has 2 aromatic carbocycles. The first-order valence-corrected chi connectivity index (χ1v) is 7.82. The molecule has 0 aliphatic heterocycles. The van der Waals surface area contributed by atoms with Gasteiger partial charge in [0.1, 0.15) is 7.11 Å². The largest absolute Gasteiger partial charge is 0.399 e. The van der Waals surface area contributed by atoms with Crippen molar-refractivity contribution in [1.82, 2.24) is 4.72 Å². The zero-order valence-corrected chi connectivity index (χ0v) is 12.4. The summed E-state index contributed by atoms with van der Waals surface area (Å²) in [5.74, 6) is 0. The Labute approximate surface area is 124 Å². The summed E-state index contributed by atoms with van der Waals surface area (Å²) in [7, 11) is -2.22. The van der Waals surface area contributed by atoms with Crippen LogP contribution in [0.4, 0.5) is 0 Å². The van der Waals surface area contributed by atoms with Crippen LogP contribution in [0.2, 0.25) is 0 Å². The van der Waals surface area contributed by atoms with Crippen LogP contribution in [0.15, 0.2) is 64.6 Å². The summed E-state index contributed by atoms with van der Waals surface area (Å²) in [4.78, 5) is 4.73. The number of nitrogens with one attached hydrogen (secondary N) is 1. The summed E-state index contributed by atoms with van der Waals surface area (Å²) >= 11 is 0. The molecule has 0 aromatic heterocycles. The van der Waals surface area contributed by atoms with Crippen molar-refractivity contribution >= 4 is 16.2 Å². The van der Waals surface area contributed by atoms with Gasteiger partial charge < -0.3 is 4.84 Å². The highest BCUT2D eigenvalue weighted by Crippen LogP contribution is 2.26. The van der Waals surface area contributed by atoms with E-state index in [0.717, 1.165) is 5.56 Å². The average molecular weight is 304 g/mol. The maximum absolute atomic E-state index is 12.4. The maximum Gasteiger partial charge on any atom is 0.241 e. The molecule has 2 aromatic rings. The lowest BCUT2D eigenvalue weighted by atomic mass is 10.1. The van der Waals surface area contributed by atoms with Gasteiger partial charge in [-0.05, 0) is 11.6 Å². The Kier molecular flexibility index (Phi) is 5.08. The van der Waals surface area contributed by atoms with Gasteiger partial charge in [0.15, 0.2) is 0 Å². The van der Waals surface area contributed by atoms with E-state index in [-0.39, 0.29) is 11.4 Å². The second-order valence-electron chi connectivity index (χ2n) is 4.18. The number of oxime groups is 1. The van der Waals surface area contributed by atoms with Crippen LogP contribution in [0.25, 0.3) is 11.1 Å². The lowest BCUT2D eigenvalue weighted by Gasteiger charge is -2.10. The van der Waals surface area contributed by atoms with Crippen molar-refractivity contribution in [2.24, 2.45) is 5.16 Å². The molecular weight excluding hydrogens is 288 g/mol. The van der Waals surface area contributed by atoms with Crippen molar-refractivity contribution in [3.8, 4) is 11.1 Å². The Morgan fingerprint density at radius 2 is 1.76 bits per heavy atom. The minimum absolute atomic E-state index is 0.0687. The molecule has 21 heavy (non-hydrogen) atoms. The molecule has 0 heterocycles. The van der Waals surface area contributed by atoms with Crippen LogP contribution >= 0.6 is 0 Å². The molecule has 1 N–H and O–H groups in total. The molecule has 6 heteroatoms. The fourth-order valence-corrected chi connectivity index (χ4v) is 3.08. The van der Waals surface area contributed by atoms with Crippen LogP contribution < -0.4 is 4.72 Å². The summed E-state index contributed by atoms with van der Waals surface area (Å²) in [6, 6.07) is 16.3. The molecule has 0 bridgehead atoms. The first-order chi connectivity index (χ1) is 10.1. The number of sulfonamides is 1. The summed E-state index contributed by atoms with van der Waals surface area (Å²) in [6.07, 6.45) is 1.35. The predicted molar refractivity (Wildman–Crippen MR) is 82.6 cm³/mol. The number of nitrogens with zero attached hydrogens (tertiary/aromatic N) is 1. The fourth-order valence-electron chi connectivity index (χ4n) is 1.89. The van der Waals surface area contributed by atoms with Gasteiger partial charge in [-0.15, -0.1) is 0 Å². The Hall–Kier alpha value is -2.18. The summed E-state index contributed by atoms with van der Waals surface area (Å²) < 4.78 is 27.2. The predicted octanol–water partition coefficient (Wildman–Crippen LogP) is 2.26. The number of benzene rings is 2. The van der Waals surface area contributed by atoms with E-state index in [0.29, 0.717) is 5.56 Å². The topological polar surface area (TPSA) is 67.8 Å². The van der Waals surface area contributed by atoms with Gasteiger partial charge in [0.25, 0.3) is 0 Å². The summed E-state index contributed by atoms with van der Waals surface area (Å²) in [6.45, 7) is 0.0687. The molecule has 0 saturated carbocycles. The second-order valence-corrected chi connectivity index (χ2v) is 5.92. The zero-order valence-electron chi connectivity index (χ0n) is 11.6. The van der Waals surface area contributed by atoms with E-state index in [2.05, 4.69) is 14.7 Å². The third-order valence-corrected chi connectivity index (χ3v) is 4.29. The van der Waals surface area contributed by atoms with Crippen LogP contribution in [0.5, 0.6) is 0 Å². The molecule has 0 amide bonds. The Morgan fingerprint density at radius 1 is 1.10 bits per heavy atom. The summed E-state index contributed by atoms with van der Waals surface area (Å²) in [5.41, 5.74) is 1.51. The fraction of sp³-hybridized carbons (Fsp3) is 0.133.